The quantitative estimate of drug-likeness (QED) is 0.759. The fraction of sp³-hybridized carbons (Fsp3) is 0.167. The van der Waals surface area contributed by atoms with E-state index in [1.165, 1.54) is 16.7 Å². The van der Waals surface area contributed by atoms with E-state index in [2.05, 4.69) is 43.0 Å². The minimum Gasteiger partial charge on any atom is -0.305 e. The first kappa shape index (κ1) is 13.3. The Labute approximate surface area is 115 Å². The van der Waals surface area contributed by atoms with Crippen LogP contribution in [0.3, 0.4) is 0 Å². The van der Waals surface area contributed by atoms with Crippen LogP contribution in [0.15, 0.2) is 55.1 Å². The van der Waals surface area contributed by atoms with E-state index in [4.69, 9.17) is 5.41 Å². The first-order valence-electron chi connectivity index (χ1n) is 6.45. The molecule has 96 valence electrons. The summed E-state index contributed by atoms with van der Waals surface area (Å²) in [4.78, 5) is 0. The van der Waals surface area contributed by atoms with Crippen LogP contribution in [-0.2, 0) is 6.42 Å². The van der Waals surface area contributed by atoms with Gasteiger partial charge in [-0.2, -0.15) is 0 Å². The van der Waals surface area contributed by atoms with Gasteiger partial charge < -0.3 is 5.41 Å². The second-order valence-corrected chi connectivity index (χ2v) is 4.98. The van der Waals surface area contributed by atoms with E-state index in [0.29, 0.717) is 5.71 Å². The van der Waals surface area contributed by atoms with E-state index in [-0.39, 0.29) is 0 Å². The zero-order valence-electron chi connectivity index (χ0n) is 11.5. The van der Waals surface area contributed by atoms with Crippen LogP contribution in [0.5, 0.6) is 0 Å². The fourth-order valence-electron chi connectivity index (χ4n) is 2.02. The molecular formula is C18H19N. The highest BCUT2D eigenvalue weighted by Gasteiger charge is 1.99. The molecule has 0 atom stereocenters. The van der Waals surface area contributed by atoms with Crippen molar-refractivity contribution in [1.29, 1.82) is 5.41 Å². The number of benzene rings is 2. The third kappa shape index (κ3) is 3.41. The Morgan fingerprint density at radius 1 is 0.842 bits per heavy atom. The molecule has 0 aromatic heterocycles. The molecule has 0 aliphatic carbocycles. The maximum Gasteiger partial charge on any atom is 0.0355 e. The van der Waals surface area contributed by atoms with Crippen LogP contribution < -0.4 is 0 Å². The third-order valence-corrected chi connectivity index (χ3v) is 3.24. The lowest BCUT2D eigenvalue weighted by atomic mass is 10.0. The highest BCUT2D eigenvalue weighted by Crippen LogP contribution is 2.15. The highest BCUT2D eigenvalue weighted by molar-refractivity contribution is 5.96. The van der Waals surface area contributed by atoms with Gasteiger partial charge in [0.05, 0.1) is 0 Å². The summed E-state index contributed by atoms with van der Waals surface area (Å²) in [5.41, 5.74) is 6.45. The molecule has 0 saturated carbocycles. The van der Waals surface area contributed by atoms with E-state index in [9.17, 15) is 0 Å². The van der Waals surface area contributed by atoms with Crippen molar-refractivity contribution in [2.45, 2.75) is 20.3 Å². The Morgan fingerprint density at radius 3 is 1.63 bits per heavy atom. The predicted molar refractivity (Wildman–Crippen MR) is 82.9 cm³/mol. The van der Waals surface area contributed by atoms with Crippen molar-refractivity contribution in [2.24, 2.45) is 0 Å². The molecule has 19 heavy (non-hydrogen) atoms. The molecule has 2 aromatic carbocycles. The smallest absolute Gasteiger partial charge is 0.0355 e. The maximum atomic E-state index is 7.58. The van der Waals surface area contributed by atoms with Gasteiger partial charge in [-0.05, 0) is 42.5 Å². The van der Waals surface area contributed by atoms with Crippen molar-refractivity contribution in [3.05, 3.63) is 77.4 Å². The fourth-order valence-corrected chi connectivity index (χ4v) is 2.02. The highest BCUT2D eigenvalue weighted by atomic mass is 14.4. The molecule has 0 bridgehead atoms. The van der Waals surface area contributed by atoms with Crippen LogP contribution in [0, 0.1) is 5.41 Å². The summed E-state index contributed by atoms with van der Waals surface area (Å²) < 4.78 is 0. The van der Waals surface area contributed by atoms with Crippen LogP contribution in [-0.4, -0.2) is 5.71 Å². The standard InChI is InChI=1S/C18H19N/c1-13(2)17-8-4-15(5-9-17)12-16-6-10-18(11-7-16)14(3)19/h4-11,19H,1,12H2,2-3H3. The Bertz CT molecular complexity index is 533. The molecule has 0 aliphatic heterocycles. The Morgan fingerprint density at radius 2 is 1.26 bits per heavy atom. The Balaban J connectivity index is 2.12. The molecule has 0 amide bonds. The average Bonchev–Trinajstić information content (AvgIpc) is 2.40. The number of hydrogen-bond acceptors (Lipinski definition) is 1. The molecule has 0 saturated heterocycles. The van der Waals surface area contributed by atoms with E-state index >= 15 is 0 Å². The summed E-state index contributed by atoms with van der Waals surface area (Å²) in [6.07, 6.45) is 0.924. The lowest BCUT2D eigenvalue weighted by molar-refractivity contribution is 1.19. The van der Waals surface area contributed by atoms with Gasteiger partial charge >= 0.3 is 0 Å². The van der Waals surface area contributed by atoms with Gasteiger partial charge in [-0.1, -0.05) is 60.7 Å². The number of nitrogens with one attached hydrogen (secondary N) is 1. The van der Waals surface area contributed by atoms with Crippen LogP contribution >= 0.6 is 0 Å². The number of rotatable bonds is 4. The van der Waals surface area contributed by atoms with Crippen molar-refractivity contribution >= 4 is 11.3 Å². The van der Waals surface area contributed by atoms with Crippen LogP contribution in [0.1, 0.15) is 36.1 Å². The molecule has 1 N–H and O–H groups in total. The molecule has 2 rings (SSSR count). The SMILES string of the molecule is C=C(C)c1ccc(Cc2ccc(C(C)=N)cc2)cc1. The van der Waals surface area contributed by atoms with Crippen LogP contribution in [0.25, 0.3) is 5.57 Å². The van der Waals surface area contributed by atoms with E-state index in [1.54, 1.807) is 0 Å². The van der Waals surface area contributed by atoms with Gasteiger partial charge in [-0.3, -0.25) is 0 Å². The summed E-state index contributed by atoms with van der Waals surface area (Å²) in [7, 11) is 0. The van der Waals surface area contributed by atoms with Crippen molar-refractivity contribution in [3.8, 4) is 0 Å². The minimum absolute atomic E-state index is 0.609. The summed E-state index contributed by atoms with van der Waals surface area (Å²) in [6.45, 7) is 7.78. The Hall–Kier alpha value is -2.15. The van der Waals surface area contributed by atoms with Gasteiger partial charge in [-0.25, -0.2) is 0 Å². The molecule has 0 radical (unpaired) electrons. The summed E-state index contributed by atoms with van der Waals surface area (Å²) in [5, 5.41) is 7.58. The molecular weight excluding hydrogens is 230 g/mol. The molecule has 1 nitrogen and oxygen atoms in total. The summed E-state index contributed by atoms with van der Waals surface area (Å²) in [5.74, 6) is 0. The number of hydrogen-bond donors (Lipinski definition) is 1. The van der Waals surface area contributed by atoms with Crippen molar-refractivity contribution in [1.82, 2.24) is 0 Å². The number of allylic oxidation sites excluding steroid dienone is 1. The van der Waals surface area contributed by atoms with Gasteiger partial charge in [0.1, 0.15) is 0 Å². The van der Waals surface area contributed by atoms with E-state index in [1.807, 2.05) is 26.0 Å². The normalized spacial score (nSPS) is 10.2. The lowest BCUT2D eigenvalue weighted by Gasteiger charge is -2.05. The topological polar surface area (TPSA) is 23.9 Å². The van der Waals surface area contributed by atoms with E-state index < -0.39 is 0 Å². The zero-order chi connectivity index (χ0) is 13.8. The largest absolute Gasteiger partial charge is 0.305 e. The van der Waals surface area contributed by atoms with Crippen molar-refractivity contribution in [3.63, 3.8) is 0 Å². The van der Waals surface area contributed by atoms with Gasteiger partial charge in [0.15, 0.2) is 0 Å². The van der Waals surface area contributed by atoms with Gasteiger partial charge in [0.25, 0.3) is 0 Å². The summed E-state index contributed by atoms with van der Waals surface area (Å²) in [6, 6.07) is 16.8. The average molecular weight is 249 g/mol. The molecule has 0 heterocycles. The zero-order valence-corrected chi connectivity index (χ0v) is 11.5. The van der Waals surface area contributed by atoms with Crippen molar-refractivity contribution < 1.29 is 0 Å². The van der Waals surface area contributed by atoms with E-state index in [0.717, 1.165) is 17.6 Å². The summed E-state index contributed by atoms with van der Waals surface area (Å²) >= 11 is 0. The third-order valence-electron chi connectivity index (χ3n) is 3.24. The molecule has 0 fully saturated rings. The molecule has 1 heteroatoms. The molecule has 0 spiro atoms. The van der Waals surface area contributed by atoms with Crippen LogP contribution in [0.4, 0.5) is 0 Å². The Kier molecular flexibility index (Phi) is 3.96. The van der Waals surface area contributed by atoms with Gasteiger partial charge in [0.2, 0.25) is 0 Å². The van der Waals surface area contributed by atoms with Crippen molar-refractivity contribution in [2.75, 3.05) is 0 Å². The lowest BCUT2D eigenvalue weighted by Crippen LogP contribution is -1.93. The maximum absolute atomic E-state index is 7.58. The first-order chi connectivity index (χ1) is 9.06. The minimum atomic E-state index is 0.609. The molecule has 0 unspecified atom stereocenters. The molecule has 0 aliphatic rings. The van der Waals surface area contributed by atoms with Crippen LogP contribution in [0.2, 0.25) is 0 Å². The monoisotopic (exact) mass is 249 g/mol. The second-order valence-electron chi connectivity index (χ2n) is 4.98. The molecule has 2 aromatic rings. The first-order valence-corrected chi connectivity index (χ1v) is 6.45. The second kappa shape index (κ2) is 5.66. The van der Waals surface area contributed by atoms with Gasteiger partial charge in [-0.15, -0.1) is 0 Å². The van der Waals surface area contributed by atoms with Gasteiger partial charge in [0, 0.05) is 5.71 Å². The predicted octanol–water partition coefficient (Wildman–Crippen LogP) is 4.70.